The van der Waals surface area contributed by atoms with E-state index in [-0.39, 0.29) is 18.2 Å². The maximum atomic E-state index is 13.9. The van der Waals surface area contributed by atoms with Crippen molar-refractivity contribution in [1.82, 2.24) is 10.5 Å². The standard InChI is InChI=1S/C15H19FN2O2/c1-10(2)17-8-12-5-4-6-14(16)15(12)19-9-13-7-11(3)18-20-13/h4-7,10,17H,8-9H2,1-3H3. The van der Waals surface area contributed by atoms with Crippen LogP contribution in [0.1, 0.15) is 30.9 Å². The molecule has 1 N–H and O–H groups in total. The van der Waals surface area contributed by atoms with Gasteiger partial charge in [-0.2, -0.15) is 0 Å². The molecule has 2 rings (SSSR count). The van der Waals surface area contributed by atoms with Gasteiger partial charge in [-0.1, -0.05) is 31.1 Å². The number of ether oxygens (including phenoxy) is 1. The Bertz CT molecular complexity index is 567. The molecule has 0 bridgehead atoms. The third-order valence-electron chi connectivity index (χ3n) is 2.78. The highest BCUT2D eigenvalue weighted by molar-refractivity contribution is 5.35. The van der Waals surface area contributed by atoms with Gasteiger partial charge < -0.3 is 14.6 Å². The van der Waals surface area contributed by atoms with Crippen LogP contribution in [0, 0.1) is 12.7 Å². The molecule has 1 aromatic heterocycles. The van der Waals surface area contributed by atoms with Crippen molar-refractivity contribution in [2.24, 2.45) is 0 Å². The number of nitrogens with one attached hydrogen (secondary N) is 1. The number of para-hydroxylation sites is 1. The van der Waals surface area contributed by atoms with Gasteiger partial charge in [0, 0.05) is 24.2 Å². The van der Waals surface area contributed by atoms with Crippen LogP contribution >= 0.6 is 0 Å². The molecule has 5 heteroatoms. The van der Waals surface area contributed by atoms with E-state index in [0.29, 0.717) is 18.3 Å². The Morgan fingerprint density at radius 2 is 2.20 bits per heavy atom. The molecule has 0 amide bonds. The molecule has 0 saturated carbocycles. The van der Waals surface area contributed by atoms with Gasteiger partial charge in [0.1, 0.15) is 6.61 Å². The molecule has 4 nitrogen and oxygen atoms in total. The second-order valence-corrected chi connectivity index (χ2v) is 4.99. The summed E-state index contributed by atoms with van der Waals surface area (Å²) in [6.07, 6.45) is 0. The van der Waals surface area contributed by atoms with Crippen molar-refractivity contribution >= 4 is 0 Å². The summed E-state index contributed by atoms with van der Waals surface area (Å²) in [5.74, 6) is 0.465. The van der Waals surface area contributed by atoms with Crippen LogP contribution in [0.3, 0.4) is 0 Å². The zero-order valence-electron chi connectivity index (χ0n) is 11.9. The normalized spacial score (nSPS) is 11.1. The summed E-state index contributed by atoms with van der Waals surface area (Å²) in [4.78, 5) is 0. The van der Waals surface area contributed by atoms with Crippen LogP contribution in [-0.2, 0) is 13.2 Å². The molecule has 20 heavy (non-hydrogen) atoms. The van der Waals surface area contributed by atoms with Crippen molar-refractivity contribution in [3.8, 4) is 5.75 Å². The summed E-state index contributed by atoms with van der Waals surface area (Å²) in [5.41, 5.74) is 1.56. The largest absolute Gasteiger partial charge is 0.482 e. The summed E-state index contributed by atoms with van der Waals surface area (Å²) in [5, 5.41) is 7.02. The Morgan fingerprint density at radius 1 is 1.40 bits per heavy atom. The lowest BCUT2D eigenvalue weighted by atomic mass is 10.2. The molecule has 0 aliphatic rings. The average Bonchev–Trinajstić information content (AvgIpc) is 2.81. The molecular formula is C15H19FN2O2. The second kappa shape index (κ2) is 6.52. The van der Waals surface area contributed by atoms with Gasteiger partial charge in [0.15, 0.2) is 17.3 Å². The van der Waals surface area contributed by atoms with E-state index in [1.165, 1.54) is 6.07 Å². The topological polar surface area (TPSA) is 47.3 Å². The third-order valence-corrected chi connectivity index (χ3v) is 2.78. The highest BCUT2D eigenvalue weighted by Gasteiger charge is 2.11. The number of halogens is 1. The lowest BCUT2D eigenvalue weighted by molar-refractivity contribution is 0.237. The number of hydrogen-bond acceptors (Lipinski definition) is 4. The number of hydrogen-bond donors (Lipinski definition) is 1. The Kier molecular flexibility index (Phi) is 4.74. The molecule has 1 aromatic carbocycles. The number of benzene rings is 1. The maximum Gasteiger partial charge on any atom is 0.174 e. The predicted molar refractivity (Wildman–Crippen MR) is 73.9 cm³/mol. The Labute approximate surface area is 117 Å². The lowest BCUT2D eigenvalue weighted by Gasteiger charge is -2.13. The molecule has 0 radical (unpaired) electrons. The summed E-state index contributed by atoms with van der Waals surface area (Å²) in [7, 11) is 0. The van der Waals surface area contributed by atoms with E-state index in [2.05, 4.69) is 10.5 Å². The van der Waals surface area contributed by atoms with Crippen molar-refractivity contribution in [2.75, 3.05) is 0 Å². The van der Waals surface area contributed by atoms with Gasteiger partial charge in [0.25, 0.3) is 0 Å². The fourth-order valence-electron chi connectivity index (χ4n) is 1.80. The average molecular weight is 278 g/mol. The van der Waals surface area contributed by atoms with Crippen molar-refractivity contribution in [3.05, 3.63) is 47.1 Å². The van der Waals surface area contributed by atoms with Crippen LogP contribution in [0.25, 0.3) is 0 Å². The number of aromatic nitrogens is 1. The second-order valence-electron chi connectivity index (χ2n) is 4.99. The lowest BCUT2D eigenvalue weighted by Crippen LogP contribution is -2.22. The minimum atomic E-state index is -0.371. The van der Waals surface area contributed by atoms with Crippen molar-refractivity contribution < 1.29 is 13.7 Å². The van der Waals surface area contributed by atoms with E-state index in [9.17, 15) is 4.39 Å². The first kappa shape index (κ1) is 14.5. The minimum Gasteiger partial charge on any atom is -0.482 e. The van der Waals surface area contributed by atoms with Crippen molar-refractivity contribution in [1.29, 1.82) is 0 Å². The molecule has 0 fully saturated rings. The Hall–Kier alpha value is -1.88. The Balaban J connectivity index is 2.08. The van der Waals surface area contributed by atoms with Gasteiger partial charge in [-0.25, -0.2) is 4.39 Å². The van der Waals surface area contributed by atoms with E-state index in [1.54, 1.807) is 12.1 Å². The molecule has 0 unspecified atom stereocenters. The van der Waals surface area contributed by atoms with Crippen molar-refractivity contribution in [2.45, 2.75) is 40.0 Å². The van der Waals surface area contributed by atoms with Gasteiger partial charge in [0.2, 0.25) is 0 Å². The van der Waals surface area contributed by atoms with Gasteiger partial charge in [-0.3, -0.25) is 0 Å². The molecule has 2 aromatic rings. The first-order chi connectivity index (χ1) is 9.56. The van der Waals surface area contributed by atoms with Gasteiger partial charge in [-0.15, -0.1) is 0 Å². The summed E-state index contributed by atoms with van der Waals surface area (Å²) >= 11 is 0. The third kappa shape index (κ3) is 3.81. The van der Waals surface area contributed by atoms with E-state index in [1.807, 2.05) is 26.8 Å². The molecule has 0 aliphatic heterocycles. The maximum absolute atomic E-state index is 13.9. The fraction of sp³-hybridized carbons (Fsp3) is 0.400. The van der Waals surface area contributed by atoms with Gasteiger partial charge in [0.05, 0.1) is 5.69 Å². The van der Waals surface area contributed by atoms with Crippen LogP contribution < -0.4 is 10.1 Å². The van der Waals surface area contributed by atoms with Crippen LogP contribution in [0.4, 0.5) is 4.39 Å². The highest BCUT2D eigenvalue weighted by Crippen LogP contribution is 2.24. The van der Waals surface area contributed by atoms with E-state index in [4.69, 9.17) is 9.26 Å². The Morgan fingerprint density at radius 3 is 2.85 bits per heavy atom. The number of rotatable bonds is 6. The summed E-state index contributed by atoms with van der Waals surface area (Å²) < 4.78 is 24.5. The zero-order chi connectivity index (χ0) is 14.5. The van der Waals surface area contributed by atoms with Crippen LogP contribution in [0.5, 0.6) is 5.75 Å². The minimum absolute atomic E-state index is 0.163. The SMILES string of the molecule is Cc1cc(COc2c(F)cccc2CNC(C)C)on1. The van der Waals surface area contributed by atoms with Crippen LogP contribution in [-0.4, -0.2) is 11.2 Å². The van der Waals surface area contributed by atoms with E-state index < -0.39 is 0 Å². The van der Waals surface area contributed by atoms with E-state index >= 15 is 0 Å². The monoisotopic (exact) mass is 278 g/mol. The highest BCUT2D eigenvalue weighted by atomic mass is 19.1. The molecule has 1 heterocycles. The summed E-state index contributed by atoms with van der Waals surface area (Å²) in [6, 6.07) is 7.01. The molecular weight excluding hydrogens is 259 g/mol. The van der Waals surface area contributed by atoms with E-state index in [0.717, 1.165) is 11.3 Å². The van der Waals surface area contributed by atoms with Gasteiger partial charge >= 0.3 is 0 Å². The quantitative estimate of drug-likeness (QED) is 0.881. The predicted octanol–water partition coefficient (Wildman–Crippen LogP) is 3.20. The first-order valence-electron chi connectivity index (χ1n) is 6.62. The van der Waals surface area contributed by atoms with Crippen LogP contribution in [0.15, 0.2) is 28.8 Å². The summed E-state index contributed by atoms with van der Waals surface area (Å²) in [6.45, 7) is 6.62. The molecule has 0 atom stereocenters. The molecule has 0 aliphatic carbocycles. The molecule has 0 spiro atoms. The van der Waals surface area contributed by atoms with Crippen molar-refractivity contribution in [3.63, 3.8) is 0 Å². The van der Waals surface area contributed by atoms with Gasteiger partial charge in [-0.05, 0) is 13.0 Å². The number of nitrogens with zero attached hydrogens (tertiary/aromatic N) is 1. The number of aryl methyl sites for hydroxylation is 1. The van der Waals surface area contributed by atoms with Crippen LogP contribution in [0.2, 0.25) is 0 Å². The zero-order valence-corrected chi connectivity index (χ0v) is 11.9. The first-order valence-corrected chi connectivity index (χ1v) is 6.62. The molecule has 0 saturated heterocycles. The molecule has 108 valence electrons. The fourth-order valence-corrected chi connectivity index (χ4v) is 1.80. The smallest absolute Gasteiger partial charge is 0.174 e.